The Morgan fingerprint density at radius 3 is 2.61 bits per heavy atom. The Labute approximate surface area is 163 Å². The lowest BCUT2D eigenvalue weighted by Crippen LogP contribution is -2.46. The SMILES string of the molecule is CCN(C(=O)[C@@H](C)OC(=O)c1ccc2ccccc2c1O)[C@@H]1CCS(=O)(=O)C1. The number of ether oxygens (including phenoxy) is 1. The van der Waals surface area contributed by atoms with Crippen LogP contribution in [-0.4, -0.2) is 60.5 Å². The van der Waals surface area contributed by atoms with Crippen molar-refractivity contribution < 1.29 is 27.9 Å². The van der Waals surface area contributed by atoms with Crippen molar-refractivity contribution in [2.45, 2.75) is 32.4 Å². The minimum absolute atomic E-state index is 0.0233. The molecule has 1 saturated heterocycles. The lowest BCUT2D eigenvalue weighted by molar-refractivity contribution is -0.141. The largest absolute Gasteiger partial charge is 0.506 e. The number of sulfone groups is 1. The lowest BCUT2D eigenvalue weighted by atomic mass is 10.1. The van der Waals surface area contributed by atoms with E-state index < -0.39 is 33.9 Å². The molecule has 1 aliphatic heterocycles. The molecule has 1 aliphatic rings. The minimum atomic E-state index is -3.14. The summed E-state index contributed by atoms with van der Waals surface area (Å²) in [5.41, 5.74) is -0.0233. The molecule has 1 N–H and O–H groups in total. The van der Waals surface area contributed by atoms with E-state index in [9.17, 15) is 23.1 Å². The normalized spacial score (nSPS) is 19.3. The molecule has 0 unspecified atom stereocenters. The Hall–Kier alpha value is -2.61. The van der Waals surface area contributed by atoms with Crippen LogP contribution in [-0.2, 0) is 19.4 Å². The van der Waals surface area contributed by atoms with E-state index in [2.05, 4.69) is 0 Å². The predicted octanol–water partition coefficient (Wildman–Crippen LogP) is 2.13. The first-order chi connectivity index (χ1) is 13.2. The van der Waals surface area contributed by atoms with Gasteiger partial charge in [0, 0.05) is 18.0 Å². The van der Waals surface area contributed by atoms with Crippen molar-refractivity contribution in [3.63, 3.8) is 0 Å². The van der Waals surface area contributed by atoms with Gasteiger partial charge >= 0.3 is 5.97 Å². The molecule has 0 aromatic heterocycles. The lowest BCUT2D eigenvalue weighted by Gasteiger charge is -2.29. The molecule has 2 aromatic carbocycles. The number of benzene rings is 2. The van der Waals surface area contributed by atoms with E-state index in [1.807, 2.05) is 12.1 Å². The molecule has 0 radical (unpaired) electrons. The fourth-order valence-electron chi connectivity index (χ4n) is 3.54. The number of phenols is 1. The number of carbonyl (C=O) groups excluding carboxylic acids is 2. The van der Waals surface area contributed by atoms with E-state index >= 15 is 0 Å². The fourth-order valence-corrected chi connectivity index (χ4v) is 5.27. The highest BCUT2D eigenvalue weighted by molar-refractivity contribution is 7.91. The van der Waals surface area contributed by atoms with Gasteiger partial charge in [0.2, 0.25) is 0 Å². The molecule has 3 rings (SSSR count). The topological polar surface area (TPSA) is 101 Å². The fraction of sp³-hybridized carbons (Fsp3) is 0.400. The van der Waals surface area contributed by atoms with Gasteiger partial charge in [-0.15, -0.1) is 0 Å². The Bertz CT molecular complexity index is 1020. The highest BCUT2D eigenvalue weighted by Crippen LogP contribution is 2.29. The van der Waals surface area contributed by atoms with Gasteiger partial charge in [-0.1, -0.05) is 30.3 Å². The molecular formula is C20H23NO6S. The quantitative estimate of drug-likeness (QED) is 0.765. The van der Waals surface area contributed by atoms with E-state index in [0.29, 0.717) is 18.4 Å². The molecule has 1 amide bonds. The molecule has 2 atom stereocenters. The zero-order chi connectivity index (χ0) is 20.5. The maximum atomic E-state index is 12.7. The number of hydrogen-bond acceptors (Lipinski definition) is 6. The summed E-state index contributed by atoms with van der Waals surface area (Å²) in [5, 5.41) is 11.7. The zero-order valence-corrected chi connectivity index (χ0v) is 16.6. The number of esters is 1. The zero-order valence-electron chi connectivity index (χ0n) is 15.8. The summed E-state index contributed by atoms with van der Waals surface area (Å²) in [5.74, 6) is -1.46. The number of nitrogens with zero attached hydrogens (tertiary/aromatic N) is 1. The summed E-state index contributed by atoms with van der Waals surface area (Å²) in [7, 11) is -3.14. The van der Waals surface area contributed by atoms with Gasteiger partial charge in [0.25, 0.3) is 5.91 Å². The van der Waals surface area contributed by atoms with Crippen LogP contribution in [0.3, 0.4) is 0 Å². The number of carbonyl (C=O) groups is 2. The van der Waals surface area contributed by atoms with E-state index in [1.165, 1.54) is 17.9 Å². The Morgan fingerprint density at radius 2 is 1.96 bits per heavy atom. The van der Waals surface area contributed by atoms with Gasteiger partial charge in [-0.05, 0) is 31.7 Å². The molecule has 0 spiro atoms. The maximum absolute atomic E-state index is 12.7. The second kappa shape index (κ2) is 7.79. The molecule has 2 aromatic rings. The number of rotatable bonds is 5. The second-order valence-corrected chi connectivity index (χ2v) is 9.14. The molecule has 8 heteroatoms. The van der Waals surface area contributed by atoms with Crippen LogP contribution < -0.4 is 0 Å². The Morgan fingerprint density at radius 1 is 1.25 bits per heavy atom. The number of amides is 1. The van der Waals surface area contributed by atoms with E-state index in [0.717, 1.165) is 5.39 Å². The van der Waals surface area contributed by atoms with Gasteiger partial charge in [-0.25, -0.2) is 13.2 Å². The molecule has 1 heterocycles. The summed E-state index contributed by atoms with van der Waals surface area (Å²) in [6, 6.07) is 9.82. The molecule has 1 fully saturated rings. The van der Waals surface area contributed by atoms with Crippen LogP contribution in [0, 0.1) is 0 Å². The molecular weight excluding hydrogens is 382 g/mol. The summed E-state index contributed by atoms with van der Waals surface area (Å²) >= 11 is 0. The second-order valence-electron chi connectivity index (χ2n) is 6.91. The average Bonchev–Trinajstić information content (AvgIpc) is 3.02. The number of fused-ring (bicyclic) bond motifs is 1. The van der Waals surface area contributed by atoms with Gasteiger partial charge < -0.3 is 14.7 Å². The highest BCUT2D eigenvalue weighted by atomic mass is 32.2. The van der Waals surface area contributed by atoms with Crippen molar-refractivity contribution in [3.8, 4) is 5.75 Å². The highest BCUT2D eigenvalue weighted by Gasteiger charge is 2.36. The van der Waals surface area contributed by atoms with Crippen LogP contribution >= 0.6 is 0 Å². The van der Waals surface area contributed by atoms with E-state index in [4.69, 9.17) is 4.74 Å². The van der Waals surface area contributed by atoms with Crippen LogP contribution in [0.25, 0.3) is 10.8 Å². The molecule has 7 nitrogen and oxygen atoms in total. The first-order valence-corrected chi connectivity index (χ1v) is 11.0. The molecule has 0 aliphatic carbocycles. The van der Waals surface area contributed by atoms with Crippen LogP contribution in [0.4, 0.5) is 0 Å². The standard InChI is InChI=1S/C20H23NO6S/c1-3-21(15-10-11-28(25,26)12-15)19(23)13(2)27-20(24)17-9-8-14-6-4-5-7-16(14)18(17)22/h4-9,13,15,22H,3,10-12H2,1-2H3/t13-,15-/m1/s1. The molecule has 0 bridgehead atoms. The minimum Gasteiger partial charge on any atom is -0.506 e. The third-order valence-corrected chi connectivity index (χ3v) is 6.78. The third-order valence-electron chi connectivity index (χ3n) is 5.03. The number of hydrogen-bond donors (Lipinski definition) is 1. The van der Waals surface area contributed by atoms with E-state index in [-0.39, 0.29) is 22.8 Å². The summed E-state index contributed by atoms with van der Waals surface area (Å²) in [6.45, 7) is 3.53. The van der Waals surface area contributed by atoms with Crippen molar-refractivity contribution in [2.24, 2.45) is 0 Å². The summed E-state index contributed by atoms with van der Waals surface area (Å²) in [6.07, 6.45) is -0.713. The maximum Gasteiger partial charge on any atom is 0.342 e. The van der Waals surface area contributed by atoms with Gasteiger partial charge in [0.05, 0.1) is 11.5 Å². The molecule has 150 valence electrons. The summed E-state index contributed by atoms with van der Waals surface area (Å²) in [4.78, 5) is 26.7. The van der Waals surface area contributed by atoms with Crippen LogP contribution in [0.2, 0.25) is 0 Å². The van der Waals surface area contributed by atoms with Gasteiger partial charge in [-0.3, -0.25) is 4.79 Å². The Kier molecular flexibility index (Phi) is 5.60. The first-order valence-electron chi connectivity index (χ1n) is 9.16. The number of phenolic OH excluding ortho intramolecular Hbond substituents is 1. The smallest absolute Gasteiger partial charge is 0.342 e. The van der Waals surface area contributed by atoms with Crippen molar-refractivity contribution in [2.75, 3.05) is 18.1 Å². The number of likely N-dealkylation sites (N-methyl/N-ethyl adjacent to an activating group) is 1. The third kappa shape index (κ3) is 3.96. The van der Waals surface area contributed by atoms with Crippen molar-refractivity contribution in [3.05, 3.63) is 42.0 Å². The van der Waals surface area contributed by atoms with Gasteiger partial charge in [0.1, 0.15) is 11.3 Å². The first kappa shape index (κ1) is 20.1. The van der Waals surface area contributed by atoms with Crippen molar-refractivity contribution in [1.29, 1.82) is 0 Å². The van der Waals surface area contributed by atoms with E-state index in [1.54, 1.807) is 25.1 Å². The molecule has 28 heavy (non-hydrogen) atoms. The average molecular weight is 405 g/mol. The Balaban J connectivity index is 1.74. The van der Waals surface area contributed by atoms with Gasteiger partial charge in [0.15, 0.2) is 15.9 Å². The predicted molar refractivity (Wildman–Crippen MR) is 105 cm³/mol. The van der Waals surface area contributed by atoms with Crippen molar-refractivity contribution in [1.82, 2.24) is 4.90 Å². The summed E-state index contributed by atoms with van der Waals surface area (Å²) < 4.78 is 28.7. The monoisotopic (exact) mass is 405 g/mol. The van der Waals surface area contributed by atoms with Crippen LogP contribution in [0.15, 0.2) is 36.4 Å². The van der Waals surface area contributed by atoms with Gasteiger partial charge in [-0.2, -0.15) is 0 Å². The van der Waals surface area contributed by atoms with Crippen LogP contribution in [0.5, 0.6) is 5.75 Å². The van der Waals surface area contributed by atoms with Crippen LogP contribution in [0.1, 0.15) is 30.6 Å². The number of aromatic hydroxyl groups is 1. The van der Waals surface area contributed by atoms with Crippen molar-refractivity contribution >= 4 is 32.5 Å². The molecule has 0 saturated carbocycles.